The van der Waals surface area contributed by atoms with Crippen LogP contribution in [0.2, 0.25) is 0 Å². The number of rotatable bonds is 11. The summed E-state index contributed by atoms with van der Waals surface area (Å²) in [7, 11) is 3.49. The van der Waals surface area contributed by atoms with Gasteiger partial charge in [0.05, 0.1) is 20.0 Å². The molecule has 0 saturated carbocycles. The molecule has 0 spiro atoms. The molecule has 1 fully saturated rings. The monoisotopic (exact) mass is 479 g/mol. The minimum Gasteiger partial charge on any atom is -0.493 e. The largest absolute Gasteiger partial charge is 0.493 e. The van der Waals surface area contributed by atoms with E-state index in [1.54, 1.807) is 26.7 Å². The van der Waals surface area contributed by atoms with Crippen molar-refractivity contribution in [2.24, 2.45) is 0 Å². The molecule has 1 saturated heterocycles. The van der Waals surface area contributed by atoms with E-state index < -0.39 is 0 Å². The molecule has 2 aromatic carbocycles. The van der Waals surface area contributed by atoms with Gasteiger partial charge in [0.1, 0.15) is 24.6 Å². The molecule has 188 valence electrons. The van der Waals surface area contributed by atoms with Gasteiger partial charge in [0, 0.05) is 39.1 Å². The van der Waals surface area contributed by atoms with E-state index >= 15 is 0 Å². The summed E-state index contributed by atoms with van der Waals surface area (Å²) in [5.41, 5.74) is 3.37. The first kappa shape index (κ1) is 25.1. The third-order valence-electron chi connectivity index (χ3n) is 6.82. The average Bonchev–Trinajstić information content (AvgIpc) is 3.39. The number of benzene rings is 2. The molecule has 1 aromatic heterocycles. The van der Waals surface area contributed by atoms with Gasteiger partial charge in [0.15, 0.2) is 11.5 Å². The Hall–Kier alpha value is -3.03. The van der Waals surface area contributed by atoms with Crippen LogP contribution in [0.4, 0.5) is 0 Å². The molecule has 1 aliphatic rings. The summed E-state index contributed by atoms with van der Waals surface area (Å²) in [5, 5.41) is 0. The first-order chi connectivity index (χ1) is 17.0. The lowest BCUT2D eigenvalue weighted by molar-refractivity contribution is -0.0840. The van der Waals surface area contributed by atoms with Crippen molar-refractivity contribution in [3.63, 3.8) is 0 Å². The van der Waals surface area contributed by atoms with E-state index in [0.717, 1.165) is 61.8 Å². The minimum atomic E-state index is -0.252. The molecule has 3 aromatic rings. The van der Waals surface area contributed by atoms with Crippen molar-refractivity contribution in [1.82, 2.24) is 14.5 Å². The van der Waals surface area contributed by atoms with Crippen LogP contribution in [0.1, 0.15) is 29.5 Å². The zero-order valence-electron chi connectivity index (χ0n) is 21.3. The average molecular weight is 480 g/mol. The van der Waals surface area contributed by atoms with E-state index in [1.165, 1.54) is 11.1 Å². The molecule has 0 aliphatic carbocycles. The molecule has 0 N–H and O–H groups in total. The maximum Gasteiger partial charge on any atom is 0.161 e. The quantitative estimate of drug-likeness (QED) is 0.399. The number of likely N-dealkylation sites (tertiary alicyclic amines) is 1. The lowest BCUT2D eigenvalue weighted by Crippen LogP contribution is -2.48. The SMILES string of the molecule is COc1cc(CN2CCC(COc3ccc(C)cc3C)(OC)CC2)ccc1OCCn1ccnc1. The zero-order chi connectivity index (χ0) is 24.7. The van der Waals surface area contributed by atoms with Crippen LogP contribution in [0.25, 0.3) is 0 Å². The fourth-order valence-electron chi connectivity index (χ4n) is 4.56. The molecule has 7 heteroatoms. The normalized spacial score (nSPS) is 15.7. The van der Waals surface area contributed by atoms with Gasteiger partial charge in [-0.15, -0.1) is 0 Å². The molecule has 2 heterocycles. The predicted octanol–water partition coefficient (Wildman–Crippen LogP) is 4.65. The van der Waals surface area contributed by atoms with Crippen molar-refractivity contribution < 1.29 is 18.9 Å². The summed E-state index contributed by atoms with van der Waals surface area (Å²) in [6.07, 6.45) is 7.35. The van der Waals surface area contributed by atoms with Gasteiger partial charge >= 0.3 is 0 Å². The van der Waals surface area contributed by atoms with Crippen molar-refractivity contribution in [3.8, 4) is 17.2 Å². The number of aromatic nitrogens is 2. The lowest BCUT2D eigenvalue weighted by Gasteiger charge is -2.40. The van der Waals surface area contributed by atoms with Crippen molar-refractivity contribution in [2.45, 2.75) is 45.4 Å². The van der Waals surface area contributed by atoms with Crippen LogP contribution in [0.3, 0.4) is 0 Å². The Morgan fingerprint density at radius 3 is 2.43 bits per heavy atom. The Balaban J connectivity index is 1.29. The highest BCUT2D eigenvalue weighted by Gasteiger charge is 2.35. The third kappa shape index (κ3) is 6.55. The van der Waals surface area contributed by atoms with Crippen LogP contribution < -0.4 is 14.2 Å². The van der Waals surface area contributed by atoms with Gasteiger partial charge in [-0.1, -0.05) is 23.8 Å². The molecule has 0 radical (unpaired) electrons. The highest BCUT2D eigenvalue weighted by Crippen LogP contribution is 2.31. The first-order valence-corrected chi connectivity index (χ1v) is 12.2. The molecule has 1 aliphatic heterocycles. The van der Waals surface area contributed by atoms with Crippen LogP contribution in [0, 0.1) is 13.8 Å². The molecule has 0 amide bonds. The van der Waals surface area contributed by atoms with Gasteiger partial charge in [-0.05, 0) is 56.0 Å². The van der Waals surface area contributed by atoms with Crippen LogP contribution in [0.15, 0.2) is 55.1 Å². The smallest absolute Gasteiger partial charge is 0.161 e. The number of aryl methyl sites for hydroxylation is 2. The molecule has 0 unspecified atom stereocenters. The van der Waals surface area contributed by atoms with Crippen LogP contribution in [-0.4, -0.2) is 60.6 Å². The van der Waals surface area contributed by atoms with E-state index in [0.29, 0.717) is 13.2 Å². The molecular formula is C28H37N3O4. The number of ether oxygens (including phenoxy) is 4. The van der Waals surface area contributed by atoms with Crippen LogP contribution >= 0.6 is 0 Å². The molecule has 0 atom stereocenters. The second kappa shape index (κ2) is 11.6. The second-order valence-corrected chi connectivity index (χ2v) is 9.36. The first-order valence-electron chi connectivity index (χ1n) is 12.2. The number of nitrogens with zero attached hydrogens (tertiary/aromatic N) is 3. The standard InChI is InChI=1S/C28H37N3O4/c1-22-5-7-25(23(2)17-22)35-20-28(33-4)9-12-30(13-10-28)19-24-6-8-26(27(18-24)32-3)34-16-15-31-14-11-29-21-31/h5-8,11,14,17-18,21H,9-10,12-13,15-16,19-20H2,1-4H3. The summed E-state index contributed by atoms with van der Waals surface area (Å²) in [6.45, 7) is 8.83. The molecule has 0 bridgehead atoms. The van der Waals surface area contributed by atoms with Crippen LogP contribution in [0.5, 0.6) is 17.2 Å². The summed E-state index contributed by atoms with van der Waals surface area (Å²) < 4.78 is 25.7. The molecule has 4 rings (SSSR count). The fraction of sp³-hybridized carbons (Fsp3) is 0.464. The highest BCUT2D eigenvalue weighted by atomic mass is 16.5. The number of hydrogen-bond acceptors (Lipinski definition) is 6. The molecule has 35 heavy (non-hydrogen) atoms. The van der Waals surface area contributed by atoms with Crippen molar-refractivity contribution >= 4 is 0 Å². The Morgan fingerprint density at radius 1 is 0.943 bits per heavy atom. The third-order valence-corrected chi connectivity index (χ3v) is 6.82. The topological polar surface area (TPSA) is 58.0 Å². The Morgan fingerprint density at radius 2 is 1.74 bits per heavy atom. The van der Waals surface area contributed by atoms with E-state index in [2.05, 4.69) is 54.1 Å². The van der Waals surface area contributed by atoms with Gasteiger partial charge in [-0.2, -0.15) is 0 Å². The maximum atomic E-state index is 6.20. The van der Waals surface area contributed by atoms with E-state index in [4.69, 9.17) is 18.9 Å². The van der Waals surface area contributed by atoms with Gasteiger partial charge in [-0.3, -0.25) is 4.90 Å². The lowest BCUT2D eigenvalue weighted by atomic mass is 9.91. The predicted molar refractivity (Wildman–Crippen MR) is 136 cm³/mol. The molecular weight excluding hydrogens is 442 g/mol. The highest BCUT2D eigenvalue weighted by molar-refractivity contribution is 5.43. The van der Waals surface area contributed by atoms with Gasteiger partial charge in [0.25, 0.3) is 0 Å². The minimum absolute atomic E-state index is 0.252. The number of hydrogen-bond donors (Lipinski definition) is 0. The summed E-state index contributed by atoms with van der Waals surface area (Å²) in [4.78, 5) is 6.52. The number of imidazole rings is 1. The summed E-state index contributed by atoms with van der Waals surface area (Å²) in [6, 6.07) is 12.5. The van der Waals surface area contributed by atoms with Gasteiger partial charge in [-0.25, -0.2) is 4.98 Å². The van der Waals surface area contributed by atoms with E-state index in [-0.39, 0.29) is 5.60 Å². The van der Waals surface area contributed by atoms with Crippen molar-refractivity contribution in [2.75, 3.05) is 40.5 Å². The second-order valence-electron chi connectivity index (χ2n) is 9.36. The van der Waals surface area contributed by atoms with Gasteiger partial charge < -0.3 is 23.5 Å². The van der Waals surface area contributed by atoms with Crippen LogP contribution in [-0.2, 0) is 17.8 Å². The fourth-order valence-corrected chi connectivity index (χ4v) is 4.56. The summed E-state index contributed by atoms with van der Waals surface area (Å²) >= 11 is 0. The summed E-state index contributed by atoms with van der Waals surface area (Å²) in [5.74, 6) is 2.46. The van der Waals surface area contributed by atoms with E-state index in [1.807, 2.05) is 16.8 Å². The molecule has 7 nitrogen and oxygen atoms in total. The van der Waals surface area contributed by atoms with Gasteiger partial charge in [0.2, 0.25) is 0 Å². The van der Waals surface area contributed by atoms with Crippen molar-refractivity contribution in [3.05, 3.63) is 71.8 Å². The van der Waals surface area contributed by atoms with E-state index in [9.17, 15) is 0 Å². The zero-order valence-corrected chi connectivity index (χ0v) is 21.3. The number of methoxy groups -OCH3 is 2. The maximum absolute atomic E-state index is 6.20. The Kier molecular flexibility index (Phi) is 8.31. The van der Waals surface area contributed by atoms with Crippen molar-refractivity contribution in [1.29, 1.82) is 0 Å². The Bertz CT molecular complexity index is 1080. The Labute approximate surface area is 208 Å². The number of piperidine rings is 1.